The van der Waals surface area contributed by atoms with Crippen molar-refractivity contribution in [3.05, 3.63) is 23.8 Å². The Morgan fingerprint density at radius 2 is 1.41 bits per heavy atom. The number of ketones is 2. The number of carbonyl (C=O) groups excluding carboxylic acids is 4. The molecule has 0 heterocycles. The molecule has 0 aromatic carbocycles. The Morgan fingerprint density at radius 3 is 1.86 bits per heavy atom. The fourth-order valence-corrected chi connectivity index (χ4v) is 8.88. The Bertz CT molecular complexity index is 1310. The largest absolute Gasteiger partial charge is 0.481 e. The van der Waals surface area contributed by atoms with Crippen LogP contribution in [0.5, 0.6) is 0 Å². The summed E-state index contributed by atoms with van der Waals surface area (Å²) in [5, 5.41) is 27.2. The Balaban J connectivity index is 0.000000730. The molecule has 11 nitrogen and oxygen atoms in total. The number of fused-ring (bicyclic) bond motifs is 5. The van der Waals surface area contributed by atoms with Crippen molar-refractivity contribution in [3.8, 4) is 0 Å². The van der Waals surface area contributed by atoms with Gasteiger partial charge in [-0.15, -0.1) is 11.6 Å². The van der Waals surface area contributed by atoms with Crippen LogP contribution in [0, 0.1) is 28.6 Å². The molecule has 290 valence electrons. The first-order valence-corrected chi connectivity index (χ1v) is 18.8. The van der Waals surface area contributed by atoms with E-state index in [0.29, 0.717) is 19.3 Å². The smallest absolute Gasteiger partial charge is 0.306 e. The predicted molar refractivity (Wildman–Crippen MR) is 194 cm³/mol. The molecule has 0 aromatic rings. The molecular weight excluding hydrogens is 680 g/mol. The van der Waals surface area contributed by atoms with E-state index in [0.717, 1.165) is 5.57 Å². The van der Waals surface area contributed by atoms with Gasteiger partial charge in [-0.1, -0.05) is 93.2 Å². The lowest BCUT2D eigenvalue weighted by Crippen LogP contribution is -2.69. The SMILES string of the molecule is CCC(=O)O.CCC(=O)O.CCC(=O)OCC(=O)[C@@]1(OC(=O)CC)[C@@H](C)C[C@H]2[C@@H]3CCC4=CC(=O)C=C[C@]4(C)C3(Cl)[C@@H](O)C[C@@]21C.CCCCC. The highest BCUT2D eigenvalue weighted by atomic mass is 35.5. The van der Waals surface area contributed by atoms with Gasteiger partial charge in [-0.2, -0.15) is 0 Å². The van der Waals surface area contributed by atoms with Crippen molar-refractivity contribution in [2.24, 2.45) is 28.6 Å². The molecule has 1 unspecified atom stereocenters. The number of allylic oxidation sites excluding steroid dienone is 4. The van der Waals surface area contributed by atoms with Crippen LogP contribution < -0.4 is 0 Å². The Labute approximate surface area is 308 Å². The second-order valence-corrected chi connectivity index (χ2v) is 14.9. The maximum atomic E-state index is 13.9. The first kappa shape index (κ1) is 46.0. The zero-order valence-electron chi connectivity index (χ0n) is 32.0. The maximum Gasteiger partial charge on any atom is 0.306 e. The Morgan fingerprint density at radius 1 is 0.882 bits per heavy atom. The van der Waals surface area contributed by atoms with Crippen LogP contribution in [0.4, 0.5) is 0 Å². The molecule has 3 N–H and O–H groups in total. The van der Waals surface area contributed by atoms with Crippen molar-refractivity contribution in [3.63, 3.8) is 0 Å². The van der Waals surface area contributed by atoms with Gasteiger partial charge in [-0.05, 0) is 49.7 Å². The fourth-order valence-electron chi connectivity index (χ4n) is 8.36. The number of esters is 2. The molecule has 0 amide bonds. The van der Waals surface area contributed by atoms with Gasteiger partial charge in [0.15, 0.2) is 18.0 Å². The fraction of sp³-hybridized carbons (Fsp3) is 0.744. The lowest BCUT2D eigenvalue weighted by atomic mass is 9.45. The number of rotatable bonds is 10. The highest BCUT2D eigenvalue weighted by Crippen LogP contribution is 2.72. The first-order chi connectivity index (χ1) is 23.8. The Kier molecular flexibility index (Phi) is 17.8. The second-order valence-electron chi connectivity index (χ2n) is 14.3. The van der Waals surface area contributed by atoms with E-state index in [4.69, 9.17) is 31.3 Å². The van der Waals surface area contributed by atoms with Crippen LogP contribution in [0.3, 0.4) is 0 Å². The number of hydrogen-bond donors (Lipinski definition) is 3. The maximum absolute atomic E-state index is 13.9. The van der Waals surface area contributed by atoms with E-state index in [1.807, 2.05) is 26.8 Å². The summed E-state index contributed by atoms with van der Waals surface area (Å²) < 4.78 is 11.3. The Hall–Kier alpha value is -3.05. The lowest BCUT2D eigenvalue weighted by Gasteiger charge is -2.64. The monoisotopic (exact) mass is 740 g/mol. The van der Waals surface area contributed by atoms with Crippen molar-refractivity contribution in [2.45, 2.75) is 150 Å². The zero-order chi connectivity index (χ0) is 39.4. The summed E-state index contributed by atoms with van der Waals surface area (Å²) in [6.45, 7) is 16.2. The van der Waals surface area contributed by atoms with Crippen molar-refractivity contribution in [1.82, 2.24) is 0 Å². The summed E-state index contributed by atoms with van der Waals surface area (Å²) in [5.74, 6) is -3.73. The molecule has 0 aromatic heterocycles. The molecule has 12 heteroatoms. The molecule has 4 aliphatic rings. The molecule has 3 saturated carbocycles. The minimum absolute atomic E-state index is 0.0801. The number of halogens is 1. The van der Waals surface area contributed by atoms with E-state index in [1.165, 1.54) is 25.3 Å². The summed E-state index contributed by atoms with van der Waals surface area (Å²) in [6.07, 6.45) is 10.7. The van der Waals surface area contributed by atoms with E-state index in [9.17, 15) is 33.9 Å². The van der Waals surface area contributed by atoms with Crippen molar-refractivity contribution in [1.29, 1.82) is 0 Å². The van der Waals surface area contributed by atoms with Gasteiger partial charge in [0.05, 0.1) is 11.0 Å². The summed E-state index contributed by atoms with van der Waals surface area (Å²) in [6, 6.07) is 0. The molecule has 8 atom stereocenters. The summed E-state index contributed by atoms with van der Waals surface area (Å²) in [7, 11) is 0. The highest BCUT2D eigenvalue weighted by Gasteiger charge is 2.76. The van der Waals surface area contributed by atoms with E-state index in [1.54, 1.807) is 33.8 Å². The third kappa shape index (κ3) is 9.69. The predicted octanol–water partition coefficient (Wildman–Crippen LogP) is 7.25. The number of carboxylic acid groups (broad SMARTS) is 2. The van der Waals surface area contributed by atoms with E-state index in [-0.39, 0.29) is 55.6 Å². The van der Waals surface area contributed by atoms with Crippen LogP contribution in [0.1, 0.15) is 133 Å². The van der Waals surface area contributed by atoms with Crippen molar-refractivity contribution >= 4 is 47.0 Å². The van der Waals surface area contributed by atoms with Crippen LogP contribution in [-0.4, -0.2) is 73.9 Å². The van der Waals surface area contributed by atoms with Gasteiger partial charge < -0.3 is 24.8 Å². The second kappa shape index (κ2) is 19.7. The molecule has 3 fully saturated rings. The number of aliphatic hydroxyl groups is 1. The van der Waals surface area contributed by atoms with Gasteiger partial charge >= 0.3 is 23.9 Å². The third-order valence-corrected chi connectivity index (χ3v) is 12.0. The number of aliphatic hydroxyl groups excluding tert-OH is 1. The topological polar surface area (TPSA) is 182 Å². The summed E-state index contributed by atoms with van der Waals surface area (Å²) >= 11 is 7.48. The number of unbranched alkanes of at least 4 members (excludes halogenated alkanes) is 2. The number of Topliss-reactive ketones (excluding diaryl/α,β-unsaturated/α-hetero) is 1. The average Bonchev–Trinajstić information content (AvgIpc) is 3.31. The van der Waals surface area contributed by atoms with E-state index >= 15 is 0 Å². The van der Waals surface area contributed by atoms with Crippen molar-refractivity contribution < 1.29 is 53.6 Å². The van der Waals surface area contributed by atoms with Crippen LogP contribution in [0.2, 0.25) is 0 Å². The molecule has 51 heavy (non-hydrogen) atoms. The molecule has 4 rings (SSSR count). The molecule has 0 radical (unpaired) electrons. The minimum atomic E-state index is -1.55. The standard InChI is InChI=1S/C28H37ClO7.C5H12.2C3H6O2/c1-6-23(33)35-15-22(32)28(36-24(34)7-2)16(3)12-20-19-9-8-17-13-18(30)10-11-25(17,4)27(19,29)21(31)14-26(20,28)5;1-3-5-4-2;2*1-2-3(4)5/h10-11,13,16,19-21,31H,6-9,12,14-15H2,1-5H3;3-5H2,1-2H3;2*2H2,1H3,(H,4,5)/t16-,19-,20-,21-,25-,26-,27?,28-;;;/m0.../s1. The normalized spacial score (nSPS) is 32.7. The van der Waals surface area contributed by atoms with Gasteiger partial charge in [0, 0.05) is 42.4 Å². The molecule has 0 spiro atoms. The van der Waals surface area contributed by atoms with E-state index < -0.39 is 63.7 Å². The number of carbonyl (C=O) groups is 6. The number of hydrogen-bond acceptors (Lipinski definition) is 9. The van der Waals surface area contributed by atoms with Crippen LogP contribution in [0.15, 0.2) is 23.8 Å². The third-order valence-electron chi connectivity index (χ3n) is 11.1. The number of aliphatic carboxylic acids is 2. The molecule has 0 saturated heterocycles. The van der Waals surface area contributed by atoms with Gasteiger partial charge in [0.2, 0.25) is 5.78 Å². The first-order valence-electron chi connectivity index (χ1n) is 18.4. The average molecular weight is 741 g/mol. The molecule has 0 aliphatic heterocycles. The number of carboxylic acids is 2. The molecule has 4 aliphatic carbocycles. The molecular formula is C39H61ClO11. The minimum Gasteiger partial charge on any atom is -0.481 e. The zero-order valence-corrected chi connectivity index (χ0v) is 32.8. The van der Waals surface area contributed by atoms with Crippen LogP contribution in [-0.2, 0) is 38.2 Å². The van der Waals surface area contributed by atoms with E-state index in [2.05, 4.69) is 13.8 Å². The lowest BCUT2D eigenvalue weighted by molar-refractivity contribution is -0.203. The quantitative estimate of drug-likeness (QED) is 0.152. The van der Waals surface area contributed by atoms with Crippen LogP contribution >= 0.6 is 11.6 Å². The summed E-state index contributed by atoms with van der Waals surface area (Å²) in [4.78, 5) is 68.2. The molecule has 0 bridgehead atoms. The van der Waals surface area contributed by atoms with Gasteiger partial charge in [0.25, 0.3) is 0 Å². The van der Waals surface area contributed by atoms with Gasteiger partial charge in [-0.3, -0.25) is 28.8 Å². The van der Waals surface area contributed by atoms with Gasteiger partial charge in [0.1, 0.15) is 0 Å². The number of ether oxygens (including phenoxy) is 2. The summed E-state index contributed by atoms with van der Waals surface area (Å²) in [5.41, 5.74) is -2.27. The highest BCUT2D eigenvalue weighted by molar-refractivity contribution is 6.26. The van der Waals surface area contributed by atoms with Crippen LogP contribution in [0.25, 0.3) is 0 Å². The van der Waals surface area contributed by atoms with Crippen molar-refractivity contribution in [2.75, 3.05) is 6.61 Å². The number of alkyl halides is 1. The van der Waals surface area contributed by atoms with Gasteiger partial charge in [-0.25, -0.2) is 0 Å².